The molecule has 2 aromatic rings. The zero-order valence-electron chi connectivity index (χ0n) is 16.0. The van der Waals surface area contributed by atoms with Crippen molar-refractivity contribution in [3.8, 4) is 0 Å². The Kier molecular flexibility index (Phi) is 7.69. The van der Waals surface area contributed by atoms with E-state index in [-0.39, 0.29) is 41.1 Å². The average molecular weight is 416 g/mol. The number of fused-ring (bicyclic) bond motifs is 2. The van der Waals surface area contributed by atoms with Crippen molar-refractivity contribution >= 4 is 18.4 Å². The topological polar surface area (TPSA) is 0 Å². The van der Waals surface area contributed by atoms with Crippen molar-refractivity contribution in [2.45, 2.75) is 64.5 Å². The molecule has 2 heteroatoms. The summed E-state index contributed by atoms with van der Waals surface area (Å²) in [6.45, 7) is 5.17. The van der Waals surface area contributed by atoms with Crippen molar-refractivity contribution < 1.29 is 26.2 Å². The Balaban J connectivity index is 0.000000960. The number of hydrogen-bond acceptors (Lipinski definition) is 0. The smallest absolute Gasteiger partial charge is 0.358 e. The van der Waals surface area contributed by atoms with Gasteiger partial charge in [-0.1, -0.05) is 64.5 Å². The third-order valence-electron chi connectivity index (χ3n) is 5.92. The average Bonchev–Trinajstić information content (AvgIpc) is 3.12. The van der Waals surface area contributed by atoms with E-state index in [9.17, 15) is 0 Å². The van der Waals surface area contributed by atoms with Crippen molar-refractivity contribution in [3.63, 3.8) is 0 Å². The minimum Gasteiger partial charge on any atom is -0.358 e. The summed E-state index contributed by atoms with van der Waals surface area (Å²) in [6.07, 6.45) is 10.9. The third-order valence-corrected chi connectivity index (χ3v) is 9.55. The molecule has 4 rings (SSSR count). The largest absolute Gasteiger partial charge is 4.00 e. The van der Waals surface area contributed by atoms with E-state index in [2.05, 4.69) is 37.4 Å². The second-order valence-electron chi connectivity index (χ2n) is 7.54. The molecule has 0 aromatic heterocycles. The van der Waals surface area contributed by atoms with Crippen LogP contribution in [0.15, 0.2) is 24.3 Å². The first-order valence-electron chi connectivity index (χ1n) is 8.74. The van der Waals surface area contributed by atoms with Crippen LogP contribution in [0.4, 0.5) is 0 Å². The van der Waals surface area contributed by atoms with Gasteiger partial charge in [0.1, 0.15) is 0 Å². The van der Waals surface area contributed by atoms with Crippen LogP contribution in [0.5, 0.6) is 0 Å². The van der Waals surface area contributed by atoms with Crippen LogP contribution in [0.1, 0.15) is 47.9 Å². The molecule has 0 bridgehead atoms. The van der Waals surface area contributed by atoms with Gasteiger partial charge in [0.2, 0.25) is 0 Å². The van der Waals surface area contributed by atoms with Crippen LogP contribution in [0.3, 0.4) is 0 Å². The number of hydrogen-bond donors (Lipinski definition) is 0. The van der Waals surface area contributed by atoms with Crippen LogP contribution in [-0.4, -0.2) is 8.07 Å². The predicted octanol–water partition coefficient (Wildman–Crippen LogP) is 4.60. The van der Waals surface area contributed by atoms with Crippen LogP contribution >= 0.6 is 0 Å². The van der Waals surface area contributed by atoms with E-state index < -0.39 is 8.07 Å². The summed E-state index contributed by atoms with van der Waals surface area (Å²) in [5.74, 6) is 0. The number of rotatable bonds is 2. The first-order valence-corrected chi connectivity index (χ1v) is 11.7. The van der Waals surface area contributed by atoms with Gasteiger partial charge in [0.15, 0.2) is 0 Å². The Morgan fingerprint density at radius 2 is 1.08 bits per heavy atom. The fourth-order valence-electron chi connectivity index (χ4n) is 4.73. The fraction of sp³-hybridized carbons (Fsp3) is 0.455. The minimum atomic E-state index is -1.51. The van der Waals surface area contributed by atoms with Crippen molar-refractivity contribution in [2.24, 2.45) is 0 Å². The Morgan fingerprint density at radius 1 is 0.708 bits per heavy atom. The summed E-state index contributed by atoms with van der Waals surface area (Å²) in [5.41, 5.74) is 6.81. The molecule has 0 nitrogen and oxygen atoms in total. The molecule has 0 saturated carbocycles. The fourth-order valence-corrected chi connectivity index (χ4v) is 8.10. The van der Waals surface area contributed by atoms with E-state index in [0.717, 1.165) is 0 Å². The molecular weight excluding hydrogens is 384 g/mol. The summed E-state index contributed by atoms with van der Waals surface area (Å²) >= 11 is 0. The molecule has 0 fully saturated rings. The van der Waals surface area contributed by atoms with Crippen molar-refractivity contribution in [1.82, 2.24) is 0 Å². The van der Waals surface area contributed by atoms with E-state index in [4.69, 9.17) is 0 Å². The van der Waals surface area contributed by atoms with Crippen LogP contribution < -0.4 is 10.4 Å². The predicted molar refractivity (Wildman–Crippen MR) is 107 cm³/mol. The molecule has 2 aromatic carbocycles. The molecule has 0 atom stereocenters. The Morgan fingerprint density at radius 3 is 1.50 bits per heavy atom. The summed E-state index contributed by atoms with van der Waals surface area (Å²) in [6, 6.07) is 9.86. The quantitative estimate of drug-likeness (QED) is 0.496. The van der Waals surface area contributed by atoms with Gasteiger partial charge >= 0.3 is 26.2 Å². The number of aryl methyl sites for hydroxylation is 2. The first-order chi connectivity index (χ1) is 10.2. The molecule has 24 heavy (non-hydrogen) atoms. The van der Waals surface area contributed by atoms with Crippen molar-refractivity contribution in [1.29, 1.82) is 0 Å². The van der Waals surface area contributed by atoms with Crippen LogP contribution in [0.2, 0.25) is 13.1 Å². The zero-order valence-corrected chi connectivity index (χ0v) is 19.4. The molecule has 0 N–H and O–H groups in total. The first kappa shape index (κ1) is 21.8. The molecular formula is C22H32SiZr. The molecule has 0 spiro atoms. The van der Waals surface area contributed by atoms with Gasteiger partial charge in [-0.2, -0.15) is 44.8 Å². The van der Waals surface area contributed by atoms with Crippen molar-refractivity contribution in [3.05, 3.63) is 61.4 Å². The van der Waals surface area contributed by atoms with Gasteiger partial charge in [-0.05, 0) is 8.07 Å². The van der Waals surface area contributed by atoms with E-state index in [1.54, 1.807) is 32.6 Å². The van der Waals surface area contributed by atoms with Gasteiger partial charge in [0.05, 0.1) is 0 Å². The molecule has 0 aliphatic heterocycles. The maximum Gasteiger partial charge on any atom is 4.00 e. The Bertz CT molecular complexity index is 603. The van der Waals surface area contributed by atoms with Crippen molar-refractivity contribution in [2.75, 3.05) is 0 Å². The standard InChI is InChI=1S/C20H26Si.2CH3.Zr/c1-21(2,19-13-11-15-7-3-5-9-17(15)19)20-14-12-16-8-4-6-10-18(16)20;;;/h11-14H,3-10H2,1-2H3;2*1H3;/q-2;2*-1;+4. The van der Waals surface area contributed by atoms with Crippen LogP contribution in [0, 0.1) is 14.9 Å². The normalized spacial score (nSPS) is 16.1. The van der Waals surface area contributed by atoms with Crippen LogP contribution in [-0.2, 0) is 51.9 Å². The monoisotopic (exact) mass is 414 g/mol. The van der Waals surface area contributed by atoms with Gasteiger partial charge in [-0.25, -0.2) is 12.1 Å². The summed E-state index contributed by atoms with van der Waals surface area (Å²) in [7, 11) is -1.51. The molecule has 0 heterocycles. The van der Waals surface area contributed by atoms with Gasteiger partial charge in [0.25, 0.3) is 0 Å². The molecule has 2 aliphatic carbocycles. The maximum absolute atomic E-state index is 2.58. The molecule has 0 amide bonds. The van der Waals surface area contributed by atoms with Gasteiger partial charge in [-0.15, -0.1) is 0 Å². The van der Waals surface area contributed by atoms with Crippen LogP contribution in [0.25, 0.3) is 0 Å². The van der Waals surface area contributed by atoms with E-state index >= 15 is 0 Å². The molecule has 0 saturated heterocycles. The summed E-state index contributed by atoms with van der Waals surface area (Å²) < 4.78 is 0. The molecule has 0 unspecified atom stereocenters. The van der Waals surface area contributed by atoms with Gasteiger partial charge in [-0.3, -0.25) is 0 Å². The molecule has 128 valence electrons. The third kappa shape index (κ3) is 3.51. The zero-order chi connectivity index (χ0) is 14.4. The maximum atomic E-state index is 2.58. The summed E-state index contributed by atoms with van der Waals surface area (Å²) in [5, 5.41) is 3.49. The Hall–Kier alpha value is -0.200. The molecule has 0 radical (unpaired) electrons. The molecule has 2 aliphatic rings. The van der Waals surface area contributed by atoms with E-state index in [1.165, 1.54) is 51.4 Å². The Labute approximate surface area is 169 Å². The SMILES string of the molecule is C[Si](C)([c-]1ccc2c1CCCC2)[c-]1ccc2c1CCCC2.[CH3-].[CH3-].[Zr+4]. The van der Waals surface area contributed by atoms with Gasteiger partial charge in [0, 0.05) is 0 Å². The van der Waals surface area contributed by atoms with E-state index in [0.29, 0.717) is 0 Å². The minimum absolute atomic E-state index is 0. The van der Waals surface area contributed by atoms with E-state index in [1.807, 2.05) is 0 Å². The summed E-state index contributed by atoms with van der Waals surface area (Å²) in [4.78, 5) is 0. The second-order valence-corrected chi connectivity index (χ2v) is 11.9. The second kappa shape index (κ2) is 8.45. The van der Waals surface area contributed by atoms with Gasteiger partial charge < -0.3 is 14.9 Å².